The van der Waals surface area contributed by atoms with Gasteiger partial charge in [0.25, 0.3) is 0 Å². The zero-order chi connectivity index (χ0) is 7.78. The molecule has 0 amide bonds. The maximum absolute atomic E-state index is 10.5. The molecule has 1 aliphatic rings. The first-order valence-corrected chi connectivity index (χ1v) is 4.43. The summed E-state index contributed by atoms with van der Waals surface area (Å²) in [5, 5.41) is 0. The Morgan fingerprint density at radius 2 is 2.30 bits per heavy atom. The van der Waals surface area contributed by atoms with Gasteiger partial charge in [-0.3, -0.25) is 4.57 Å². The first kappa shape index (κ1) is 8.17. The Labute approximate surface area is 58.1 Å². The average Bonchev–Trinajstić information content (AvgIpc) is 2.46. The Kier molecular flexibility index (Phi) is 2.12. The lowest BCUT2D eigenvalue weighted by molar-refractivity contribution is 0.111. The molecule has 2 atom stereocenters. The number of rotatable bonds is 3. The van der Waals surface area contributed by atoms with E-state index in [9.17, 15) is 4.57 Å². The molecule has 0 aromatic heterocycles. The van der Waals surface area contributed by atoms with Gasteiger partial charge in [-0.25, -0.2) is 0 Å². The summed E-state index contributed by atoms with van der Waals surface area (Å²) in [6, 6.07) is 0. The largest absolute Gasteiger partial charge is 0.370 e. The zero-order valence-corrected chi connectivity index (χ0v) is 6.32. The predicted molar refractivity (Wildman–Crippen MR) is 32.6 cm³/mol. The van der Waals surface area contributed by atoms with Crippen LogP contribution in [0.2, 0.25) is 0 Å². The Balaban J connectivity index is 2.55. The summed E-state index contributed by atoms with van der Waals surface area (Å²) in [4.78, 5) is 17.2. The van der Waals surface area contributed by atoms with Crippen LogP contribution in [0, 0.1) is 0 Å². The van der Waals surface area contributed by atoms with Crippen molar-refractivity contribution >= 4 is 7.60 Å². The van der Waals surface area contributed by atoms with Gasteiger partial charge in [-0.15, -0.1) is 0 Å². The standard InChI is InChI=1S/C4H9O5P/c1-8-4(3-2-9-3)10(5,6)7/h3-4H,2H2,1H3,(H2,5,6,7). The van der Waals surface area contributed by atoms with Crippen molar-refractivity contribution in [3.8, 4) is 0 Å². The van der Waals surface area contributed by atoms with E-state index >= 15 is 0 Å². The molecule has 0 spiro atoms. The van der Waals surface area contributed by atoms with Crippen LogP contribution < -0.4 is 0 Å². The highest BCUT2D eigenvalue weighted by Crippen LogP contribution is 2.46. The van der Waals surface area contributed by atoms with Gasteiger partial charge in [0.05, 0.1) is 6.61 Å². The molecule has 2 unspecified atom stereocenters. The molecule has 0 bridgehead atoms. The zero-order valence-electron chi connectivity index (χ0n) is 5.43. The lowest BCUT2D eigenvalue weighted by Gasteiger charge is -2.13. The van der Waals surface area contributed by atoms with Crippen molar-refractivity contribution in [3.05, 3.63) is 0 Å². The molecular formula is C4H9O5P. The molecule has 5 nitrogen and oxygen atoms in total. The Morgan fingerprint density at radius 1 is 1.80 bits per heavy atom. The van der Waals surface area contributed by atoms with Crippen molar-refractivity contribution in [2.45, 2.75) is 11.9 Å². The van der Waals surface area contributed by atoms with Gasteiger partial charge in [0.15, 0.2) is 5.85 Å². The molecule has 1 saturated heterocycles. The van der Waals surface area contributed by atoms with Crippen LogP contribution in [-0.4, -0.2) is 35.5 Å². The van der Waals surface area contributed by atoms with Crippen LogP contribution in [0.25, 0.3) is 0 Å². The Bertz CT molecular complexity index is 159. The van der Waals surface area contributed by atoms with Crippen molar-refractivity contribution in [1.29, 1.82) is 0 Å². The second-order valence-electron chi connectivity index (χ2n) is 2.09. The maximum Gasteiger partial charge on any atom is 0.356 e. The summed E-state index contributed by atoms with van der Waals surface area (Å²) < 4.78 is 19.8. The van der Waals surface area contributed by atoms with Crippen molar-refractivity contribution in [2.24, 2.45) is 0 Å². The first-order chi connectivity index (χ1) is 4.55. The molecular weight excluding hydrogens is 159 g/mol. The van der Waals surface area contributed by atoms with Gasteiger partial charge in [-0.1, -0.05) is 0 Å². The molecule has 2 N–H and O–H groups in total. The smallest absolute Gasteiger partial charge is 0.356 e. The molecule has 0 aliphatic carbocycles. The van der Waals surface area contributed by atoms with E-state index in [0.29, 0.717) is 6.61 Å². The minimum absolute atomic E-state index is 0.379. The predicted octanol–water partition coefficient (Wildman–Crippen LogP) is -0.465. The monoisotopic (exact) mass is 168 g/mol. The number of methoxy groups -OCH3 is 1. The lowest BCUT2D eigenvalue weighted by atomic mass is 10.5. The highest BCUT2D eigenvalue weighted by molar-refractivity contribution is 7.52. The SMILES string of the molecule is COC(C1CO1)P(=O)(O)O. The highest BCUT2D eigenvalue weighted by Gasteiger charge is 2.44. The van der Waals surface area contributed by atoms with Gasteiger partial charge < -0.3 is 19.3 Å². The molecule has 0 aromatic carbocycles. The summed E-state index contributed by atoms with van der Waals surface area (Å²) in [6.07, 6.45) is -0.411. The van der Waals surface area contributed by atoms with Gasteiger partial charge in [0.2, 0.25) is 0 Å². The first-order valence-electron chi connectivity index (χ1n) is 2.75. The van der Waals surface area contributed by atoms with E-state index < -0.39 is 19.5 Å². The van der Waals surface area contributed by atoms with E-state index in [0.717, 1.165) is 0 Å². The minimum Gasteiger partial charge on any atom is -0.370 e. The van der Waals surface area contributed by atoms with Crippen LogP contribution in [0.3, 0.4) is 0 Å². The molecule has 0 radical (unpaired) electrons. The van der Waals surface area contributed by atoms with E-state index in [2.05, 4.69) is 9.47 Å². The Hall–Kier alpha value is 0.0700. The molecule has 1 rings (SSSR count). The van der Waals surface area contributed by atoms with E-state index in [1.54, 1.807) is 0 Å². The van der Waals surface area contributed by atoms with Crippen molar-refractivity contribution in [3.63, 3.8) is 0 Å². The number of hydrogen-bond acceptors (Lipinski definition) is 3. The maximum atomic E-state index is 10.5. The molecule has 10 heavy (non-hydrogen) atoms. The van der Waals surface area contributed by atoms with Gasteiger partial charge in [-0.2, -0.15) is 0 Å². The van der Waals surface area contributed by atoms with E-state index in [4.69, 9.17) is 9.79 Å². The van der Waals surface area contributed by atoms with E-state index in [1.165, 1.54) is 7.11 Å². The van der Waals surface area contributed by atoms with Crippen molar-refractivity contribution in [1.82, 2.24) is 0 Å². The summed E-state index contributed by atoms with van der Waals surface area (Å²) >= 11 is 0. The molecule has 1 aliphatic heterocycles. The van der Waals surface area contributed by atoms with Crippen LogP contribution in [-0.2, 0) is 14.0 Å². The third kappa shape index (κ3) is 1.78. The van der Waals surface area contributed by atoms with Crippen LogP contribution in [0.15, 0.2) is 0 Å². The molecule has 1 heterocycles. The fourth-order valence-electron chi connectivity index (χ4n) is 0.726. The summed E-state index contributed by atoms with van der Waals surface area (Å²) in [6.45, 7) is 0.379. The summed E-state index contributed by atoms with van der Waals surface area (Å²) in [5.74, 6) is -1.08. The molecule has 60 valence electrons. The third-order valence-electron chi connectivity index (χ3n) is 1.25. The molecule has 0 aromatic rings. The summed E-state index contributed by atoms with van der Waals surface area (Å²) in [7, 11) is -2.86. The van der Waals surface area contributed by atoms with Gasteiger partial charge in [0.1, 0.15) is 6.10 Å². The number of hydrogen-bond donors (Lipinski definition) is 2. The van der Waals surface area contributed by atoms with Crippen LogP contribution >= 0.6 is 7.60 Å². The fraction of sp³-hybridized carbons (Fsp3) is 1.00. The van der Waals surface area contributed by atoms with Crippen LogP contribution in [0.5, 0.6) is 0 Å². The quantitative estimate of drug-likeness (QED) is 0.440. The normalized spacial score (nSPS) is 28.1. The van der Waals surface area contributed by atoms with Gasteiger partial charge in [0, 0.05) is 7.11 Å². The van der Waals surface area contributed by atoms with Crippen LogP contribution in [0.1, 0.15) is 0 Å². The molecule has 6 heteroatoms. The minimum atomic E-state index is -4.12. The lowest BCUT2D eigenvalue weighted by Crippen LogP contribution is -2.17. The third-order valence-corrected chi connectivity index (χ3v) is 2.46. The Morgan fingerprint density at radius 3 is 2.40 bits per heavy atom. The van der Waals surface area contributed by atoms with Crippen LogP contribution in [0.4, 0.5) is 0 Å². The fourth-order valence-corrected chi connectivity index (χ4v) is 1.61. The van der Waals surface area contributed by atoms with Gasteiger partial charge >= 0.3 is 7.60 Å². The summed E-state index contributed by atoms with van der Waals surface area (Å²) in [5.41, 5.74) is 0. The second-order valence-corrected chi connectivity index (χ2v) is 3.77. The number of ether oxygens (including phenoxy) is 2. The molecule has 1 fully saturated rings. The van der Waals surface area contributed by atoms with Gasteiger partial charge in [-0.05, 0) is 0 Å². The van der Waals surface area contributed by atoms with Crippen molar-refractivity contribution in [2.75, 3.05) is 13.7 Å². The molecule has 0 saturated carbocycles. The second kappa shape index (κ2) is 2.60. The van der Waals surface area contributed by atoms with E-state index in [1.807, 2.05) is 0 Å². The van der Waals surface area contributed by atoms with Crippen molar-refractivity contribution < 1.29 is 23.8 Å². The number of epoxide rings is 1. The van der Waals surface area contributed by atoms with E-state index in [-0.39, 0.29) is 0 Å². The topological polar surface area (TPSA) is 79.3 Å². The highest BCUT2D eigenvalue weighted by atomic mass is 31.2. The average molecular weight is 168 g/mol.